The second-order valence-corrected chi connectivity index (χ2v) is 4.79. The molecule has 0 aromatic rings. The molecule has 0 bridgehead atoms. The Balaban J connectivity index is 1.41. The Labute approximate surface area is 92.5 Å². The van der Waals surface area contributed by atoms with E-state index < -0.39 is 0 Å². The van der Waals surface area contributed by atoms with Crippen molar-refractivity contribution in [2.75, 3.05) is 26.4 Å². The van der Waals surface area contributed by atoms with E-state index >= 15 is 0 Å². The van der Waals surface area contributed by atoms with Gasteiger partial charge in [-0.25, -0.2) is 0 Å². The highest BCUT2D eigenvalue weighted by molar-refractivity contribution is 4.82. The van der Waals surface area contributed by atoms with Crippen LogP contribution in [0.1, 0.15) is 32.6 Å². The van der Waals surface area contributed by atoms with Crippen LogP contribution >= 0.6 is 0 Å². The molecule has 0 aromatic carbocycles. The highest BCUT2D eigenvalue weighted by Gasteiger charge is 2.27. The molecular weight excluding hydrogens is 190 g/mol. The van der Waals surface area contributed by atoms with E-state index in [-0.39, 0.29) is 0 Å². The summed E-state index contributed by atoms with van der Waals surface area (Å²) in [6.45, 7) is 5.77. The standard InChI is InChI=1S/C12H23NO2/c1-10(11-4-5-11)13-6-8-14-9-12-3-2-7-15-12/h10-13H,2-9H2,1H3. The monoisotopic (exact) mass is 213 g/mol. The molecule has 2 unspecified atom stereocenters. The molecule has 1 heterocycles. The summed E-state index contributed by atoms with van der Waals surface area (Å²) < 4.78 is 11.1. The van der Waals surface area contributed by atoms with Crippen molar-refractivity contribution in [3.05, 3.63) is 0 Å². The van der Waals surface area contributed by atoms with Crippen LogP contribution in [0.15, 0.2) is 0 Å². The quantitative estimate of drug-likeness (QED) is 0.651. The van der Waals surface area contributed by atoms with Crippen molar-refractivity contribution < 1.29 is 9.47 Å². The molecule has 0 radical (unpaired) electrons. The molecule has 2 atom stereocenters. The van der Waals surface area contributed by atoms with Gasteiger partial charge in [0.25, 0.3) is 0 Å². The average Bonchev–Trinajstić information content (AvgIpc) is 2.97. The maximum absolute atomic E-state index is 5.58. The summed E-state index contributed by atoms with van der Waals surface area (Å²) in [6, 6.07) is 0.677. The van der Waals surface area contributed by atoms with Crippen LogP contribution in [0.4, 0.5) is 0 Å². The van der Waals surface area contributed by atoms with Gasteiger partial charge < -0.3 is 14.8 Å². The lowest BCUT2D eigenvalue weighted by Crippen LogP contribution is -2.31. The van der Waals surface area contributed by atoms with Gasteiger partial charge >= 0.3 is 0 Å². The molecule has 2 fully saturated rings. The summed E-state index contributed by atoms with van der Waals surface area (Å²) >= 11 is 0. The largest absolute Gasteiger partial charge is 0.377 e. The van der Waals surface area contributed by atoms with Crippen molar-refractivity contribution in [3.63, 3.8) is 0 Å². The Kier molecular flexibility index (Phi) is 4.42. The first kappa shape index (κ1) is 11.4. The van der Waals surface area contributed by atoms with E-state index in [0.29, 0.717) is 12.1 Å². The van der Waals surface area contributed by atoms with E-state index in [1.807, 2.05) is 0 Å². The minimum absolute atomic E-state index is 0.367. The molecule has 1 aliphatic carbocycles. The Bertz CT molecular complexity index is 172. The Hall–Kier alpha value is -0.120. The van der Waals surface area contributed by atoms with Crippen molar-refractivity contribution in [1.82, 2.24) is 5.32 Å². The third-order valence-electron chi connectivity index (χ3n) is 3.37. The topological polar surface area (TPSA) is 30.5 Å². The molecule has 0 amide bonds. The zero-order valence-corrected chi connectivity index (χ0v) is 9.71. The Morgan fingerprint density at radius 1 is 1.40 bits per heavy atom. The summed E-state index contributed by atoms with van der Waals surface area (Å²) in [7, 11) is 0. The van der Waals surface area contributed by atoms with Crippen LogP contribution in [0.25, 0.3) is 0 Å². The molecule has 0 spiro atoms. The van der Waals surface area contributed by atoms with Gasteiger partial charge in [0, 0.05) is 19.2 Å². The molecule has 3 heteroatoms. The van der Waals surface area contributed by atoms with Gasteiger partial charge in [0.15, 0.2) is 0 Å². The summed E-state index contributed by atoms with van der Waals surface area (Å²) in [5, 5.41) is 3.50. The SMILES string of the molecule is CC(NCCOCC1CCCO1)C1CC1. The molecule has 3 nitrogen and oxygen atoms in total. The lowest BCUT2D eigenvalue weighted by Gasteiger charge is -2.14. The summed E-state index contributed by atoms with van der Waals surface area (Å²) in [6.07, 6.45) is 5.55. The highest BCUT2D eigenvalue weighted by Crippen LogP contribution is 2.32. The van der Waals surface area contributed by atoms with Gasteiger partial charge in [-0.15, -0.1) is 0 Å². The van der Waals surface area contributed by atoms with Crippen molar-refractivity contribution >= 4 is 0 Å². The van der Waals surface area contributed by atoms with E-state index in [0.717, 1.165) is 32.3 Å². The molecule has 1 saturated heterocycles. The second kappa shape index (κ2) is 5.83. The summed E-state index contributed by atoms with van der Waals surface area (Å²) in [5.41, 5.74) is 0. The zero-order chi connectivity index (χ0) is 10.5. The third kappa shape index (κ3) is 4.09. The van der Waals surface area contributed by atoms with Gasteiger partial charge in [-0.1, -0.05) is 0 Å². The van der Waals surface area contributed by atoms with Crippen LogP contribution in [0.5, 0.6) is 0 Å². The van der Waals surface area contributed by atoms with Gasteiger partial charge in [-0.05, 0) is 38.5 Å². The Morgan fingerprint density at radius 3 is 2.93 bits per heavy atom. The maximum atomic E-state index is 5.58. The van der Waals surface area contributed by atoms with Gasteiger partial charge in [0.05, 0.1) is 19.3 Å². The number of hydrogen-bond acceptors (Lipinski definition) is 3. The van der Waals surface area contributed by atoms with Crippen molar-refractivity contribution in [2.45, 2.75) is 44.8 Å². The molecule has 2 aliphatic rings. The van der Waals surface area contributed by atoms with Crippen LogP contribution in [0, 0.1) is 5.92 Å². The first-order chi connectivity index (χ1) is 7.36. The van der Waals surface area contributed by atoms with Gasteiger partial charge in [-0.2, -0.15) is 0 Å². The number of nitrogens with one attached hydrogen (secondary N) is 1. The van der Waals surface area contributed by atoms with Crippen LogP contribution in [0.3, 0.4) is 0 Å². The number of ether oxygens (including phenoxy) is 2. The van der Waals surface area contributed by atoms with Gasteiger partial charge in [0.2, 0.25) is 0 Å². The van der Waals surface area contributed by atoms with Crippen LogP contribution in [-0.2, 0) is 9.47 Å². The maximum Gasteiger partial charge on any atom is 0.0809 e. The van der Waals surface area contributed by atoms with Crippen LogP contribution in [-0.4, -0.2) is 38.5 Å². The first-order valence-electron chi connectivity index (χ1n) is 6.29. The smallest absolute Gasteiger partial charge is 0.0809 e. The Morgan fingerprint density at radius 2 is 2.27 bits per heavy atom. The van der Waals surface area contributed by atoms with E-state index in [4.69, 9.17) is 9.47 Å². The highest BCUT2D eigenvalue weighted by atomic mass is 16.5. The predicted octanol–water partition coefficient (Wildman–Crippen LogP) is 1.57. The van der Waals surface area contributed by atoms with Crippen molar-refractivity contribution in [2.24, 2.45) is 5.92 Å². The average molecular weight is 213 g/mol. The fraction of sp³-hybridized carbons (Fsp3) is 1.00. The van der Waals surface area contributed by atoms with E-state index in [1.165, 1.54) is 25.7 Å². The minimum Gasteiger partial charge on any atom is -0.377 e. The molecule has 1 saturated carbocycles. The number of rotatable bonds is 7. The van der Waals surface area contributed by atoms with Crippen molar-refractivity contribution in [3.8, 4) is 0 Å². The lowest BCUT2D eigenvalue weighted by molar-refractivity contribution is 0.0178. The molecule has 0 aromatic heterocycles. The number of hydrogen-bond donors (Lipinski definition) is 1. The third-order valence-corrected chi connectivity index (χ3v) is 3.37. The molecule has 1 N–H and O–H groups in total. The molecule has 15 heavy (non-hydrogen) atoms. The second-order valence-electron chi connectivity index (χ2n) is 4.79. The van der Waals surface area contributed by atoms with Crippen LogP contribution in [0.2, 0.25) is 0 Å². The van der Waals surface area contributed by atoms with Gasteiger partial charge in [0.1, 0.15) is 0 Å². The molecule has 2 rings (SSSR count). The molecule has 1 aliphatic heterocycles. The molecule has 88 valence electrons. The zero-order valence-electron chi connectivity index (χ0n) is 9.71. The fourth-order valence-corrected chi connectivity index (χ4v) is 2.11. The normalized spacial score (nSPS) is 28.2. The summed E-state index contributed by atoms with van der Waals surface area (Å²) in [4.78, 5) is 0. The summed E-state index contributed by atoms with van der Waals surface area (Å²) in [5.74, 6) is 0.933. The fourth-order valence-electron chi connectivity index (χ4n) is 2.11. The van der Waals surface area contributed by atoms with Crippen molar-refractivity contribution in [1.29, 1.82) is 0 Å². The van der Waals surface area contributed by atoms with E-state index in [1.54, 1.807) is 0 Å². The van der Waals surface area contributed by atoms with E-state index in [2.05, 4.69) is 12.2 Å². The van der Waals surface area contributed by atoms with E-state index in [9.17, 15) is 0 Å². The molecular formula is C12H23NO2. The minimum atomic E-state index is 0.367. The van der Waals surface area contributed by atoms with Gasteiger partial charge in [-0.3, -0.25) is 0 Å². The van der Waals surface area contributed by atoms with Crippen LogP contribution < -0.4 is 5.32 Å². The lowest BCUT2D eigenvalue weighted by atomic mass is 10.2. The first-order valence-corrected chi connectivity index (χ1v) is 6.29. The predicted molar refractivity (Wildman–Crippen MR) is 60.0 cm³/mol.